The highest BCUT2D eigenvalue weighted by atomic mass is 127. The molecule has 0 atom stereocenters. The third kappa shape index (κ3) is 6.44. The molecule has 2 heterocycles. The lowest BCUT2D eigenvalue weighted by Gasteiger charge is -2.15. The van der Waals surface area contributed by atoms with Crippen molar-refractivity contribution in [2.24, 2.45) is 4.99 Å². The summed E-state index contributed by atoms with van der Waals surface area (Å²) in [4.78, 5) is 18.5. The van der Waals surface area contributed by atoms with Crippen molar-refractivity contribution in [3.63, 3.8) is 0 Å². The predicted octanol–water partition coefficient (Wildman–Crippen LogP) is 2.14. The fourth-order valence-electron chi connectivity index (χ4n) is 3.15. The number of halogens is 1. The lowest BCUT2D eigenvalue weighted by molar-refractivity contribution is -0.129. The number of carbonyl (C=O) groups excluding carboxylic acids is 1. The minimum Gasteiger partial charge on any atom is -0.454 e. The Morgan fingerprint density at radius 1 is 1.19 bits per heavy atom. The Bertz CT molecular complexity index is 648. The molecule has 1 fully saturated rings. The van der Waals surface area contributed by atoms with Crippen LogP contribution in [-0.2, 0) is 11.2 Å². The molecule has 2 aliphatic heterocycles. The van der Waals surface area contributed by atoms with Crippen LogP contribution in [0.1, 0.15) is 31.7 Å². The molecule has 7 nitrogen and oxygen atoms in total. The number of ether oxygens (including phenoxy) is 2. The van der Waals surface area contributed by atoms with Crippen molar-refractivity contribution in [2.45, 2.75) is 32.6 Å². The topological polar surface area (TPSA) is 75.2 Å². The molecule has 1 saturated heterocycles. The first kappa shape index (κ1) is 21.6. The van der Waals surface area contributed by atoms with Gasteiger partial charge in [0.25, 0.3) is 0 Å². The Morgan fingerprint density at radius 2 is 1.96 bits per heavy atom. The van der Waals surface area contributed by atoms with Gasteiger partial charge in [-0.15, -0.1) is 24.0 Å². The van der Waals surface area contributed by atoms with Crippen LogP contribution in [0, 0.1) is 0 Å². The van der Waals surface area contributed by atoms with Crippen LogP contribution < -0.4 is 20.1 Å². The van der Waals surface area contributed by atoms with E-state index < -0.39 is 0 Å². The van der Waals surface area contributed by atoms with E-state index in [0.29, 0.717) is 19.8 Å². The molecule has 0 saturated carbocycles. The standard InChI is InChI=1S/C19H28N4O3.HI/c1-2-20-19(22-10-8-18(24)23-11-3-4-12-23)21-9-7-15-5-6-16-17(13-15)26-14-25-16;/h5-6,13H,2-4,7-12,14H2,1H3,(H2,20,21,22);1H. The number of hydrogen-bond donors (Lipinski definition) is 2. The molecule has 0 bridgehead atoms. The number of aliphatic imine (C=N–C) groups is 1. The molecule has 27 heavy (non-hydrogen) atoms. The molecule has 0 spiro atoms. The number of nitrogens with zero attached hydrogens (tertiary/aromatic N) is 2. The largest absolute Gasteiger partial charge is 0.454 e. The average molecular weight is 488 g/mol. The van der Waals surface area contributed by atoms with E-state index in [1.54, 1.807) is 0 Å². The molecule has 1 amide bonds. The highest BCUT2D eigenvalue weighted by molar-refractivity contribution is 14.0. The number of carbonyl (C=O) groups is 1. The second kappa shape index (κ2) is 11.2. The van der Waals surface area contributed by atoms with E-state index in [9.17, 15) is 4.79 Å². The molecular weight excluding hydrogens is 459 g/mol. The summed E-state index contributed by atoms with van der Waals surface area (Å²) in [5.41, 5.74) is 1.18. The molecule has 0 radical (unpaired) electrons. The molecule has 2 aliphatic rings. The Labute approximate surface area is 177 Å². The first-order valence-corrected chi connectivity index (χ1v) is 9.44. The number of fused-ring (bicyclic) bond motifs is 1. The summed E-state index contributed by atoms with van der Waals surface area (Å²) in [6, 6.07) is 6.01. The minimum atomic E-state index is 0. The van der Waals surface area contributed by atoms with Crippen LogP contribution in [0.4, 0.5) is 0 Å². The highest BCUT2D eigenvalue weighted by Gasteiger charge is 2.17. The molecule has 150 valence electrons. The Balaban J connectivity index is 0.00000261. The van der Waals surface area contributed by atoms with Gasteiger partial charge in [-0.25, -0.2) is 0 Å². The van der Waals surface area contributed by atoms with E-state index in [0.717, 1.165) is 62.9 Å². The van der Waals surface area contributed by atoms with Gasteiger partial charge in [-0.3, -0.25) is 9.79 Å². The van der Waals surface area contributed by atoms with Crippen molar-refractivity contribution >= 4 is 35.8 Å². The smallest absolute Gasteiger partial charge is 0.231 e. The van der Waals surface area contributed by atoms with Crippen LogP contribution in [0.15, 0.2) is 23.2 Å². The fraction of sp³-hybridized carbons (Fsp3) is 0.579. The number of guanidine groups is 1. The molecule has 1 aromatic carbocycles. The van der Waals surface area contributed by atoms with Crippen LogP contribution in [-0.4, -0.2) is 56.3 Å². The maximum absolute atomic E-state index is 12.1. The van der Waals surface area contributed by atoms with Gasteiger partial charge in [-0.05, 0) is 43.9 Å². The van der Waals surface area contributed by atoms with Crippen molar-refractivity contribution in [2.75, 3.05) is 39.5 Å². The third-order valence-corrected chi connectivity index (χ3v) is 4.54. The van der Waals surface area contributed by atoms with Gasteiger partial charge in [-0.1, -0.05) is 6.07 Å². The van der Waals surface area contributed by atoms with Crippen molar-refractivity contribution in [1.82, 2.24) is 15.5 Å². The first-order chi connectivity index (χ1) is 12.8. The zero-order valence-corrected chi connectivity index (χ0v) is 18.2. The van der Waals surface area contributed by atoms with Gasteiger partial charge in [0.2, 0.25) is 12.7 Å². The Morgan fingerprint density at radius 3 is 2.74 bits per heavy atom. The van der Waals surface area contributed by atoms with Crippen LogP contribution in [0.2, 0.25) is 0 Å². The zero-order valence-electron chi connectivity index (χ0n) is 15.8. The number of hydrogen-bond acceptors (Lipinski definition) is 4. The molecule has 2 N–H and O–H groups in total. The van der Waals surface area contributed by atoms with Crippen molar-refractivity contribution in [3.05, 3.63) is 23.8 Å². The van der Waals surface area contributed by atoms with Gasteiger partial charge in [0.1, 0.15) is 0 Å². The zero-order chi connectivity index (χ0) is 18.2. The second-order valence-electron chi connectivity index (χ2n) is 6.46. The molecular formula is C19H29IN4O3. The second-order valence-corrected chi connectivity index (χ2v) is 6.46. The van der Waals surface area contributed by atoms with Crippen molar-refractivity contribution in [3.8, 4) is 11.5 Å². The number of likely N-dealkylation sites (tertiary alicyclic amines) is 1. The van der Waals surface area contributed by atoms with Crippen LogP contribution in [0.3, 0.4) is 0 Å². The maximum atomic E-state index is 12.1. The van der Waals surface area contributed by atoms with E-state index in [4.69, 9.17) is 9.47 Å². The van der Waals surface area contributed by atoms with Crippen LogP contribution in [0.5, 0.6) is 11.5 Å². The molecule has 8 heteroatoms. The SMILES string of the molecule is CCNC(=NCCC(=O)N1CCCC1)NCCc1ccc2c(c1)OCO2.I. The van der Waals surface area contributed by atoms with Crippen LogP contribution in [0.25, 0.3) is 0 Å². The molecule has 3 rings (SSSR count). The normalized spacial score (nSPS) is 15.4. The van der Waals surface area contributed by atoms with Gasteiger partial charge in [0.05, 0.1) is 6.54 Å². The summed E-state index contributed by atoms with van der Waals surface area (Å²) in [7, 11) is 0. The maximum Gasteiger partial charge on any atom is 0.231 e. The van der Waals surface area contributed by atoms with E-state index in [-0.39, 0.29) is 29.9 Å². The number of amides is 1. The fourth-order valence-corrected chi connectivity index (χ4v) is 3.15. The van der Waals surface area contributed by atoms with Gasteiger partial charge >= 0.3 is 0 Å². The number of nitrogens with one attached hydrogen (secondary N) is 2. The van der Waals surface area contributed by atoms with E-state index in [1.165, 1.54) is 5.56 Å². The summed E-state index contributed by atoms with van der Waals surface area (Å²) in [5, 5.41) is 6.55. The first-order valence-electron chi connectivity index (χ1n) is 9.44. The minimum absolute atomic E-state index is 0. The quantitative estimate of drug-likeness (QED) is 0.350. The Hall–Kier alpha value is -1.71. The number of benzene rings is 1. The number of rotatable bonds is 7. The third-order valence-electron chi connectivity index (χ3n) is 4.54. The van der Waals surface area contributed by atoms with E-state index >= 15 is 0 Å². The summed E-state index contributed by atoms with van der Waals surface area (Å²) in [6.07, 6.45) is 3.57. The summed E-state index contributed by atoms with van der Waals surface area (Å²) >= 11 is 0. The summed E-state index contributed by atoms with van der Waals surface area (Å²) in [6.45, 7) is 6.18. The van der Waals surface area contributed by atoms with Crippen LogP contribution >= 0.6 is 24.0 Å². The molecule has 0 aromatic heterocycles. The molecule has 0 unspecified atom stereocenters. The summed E-state index contributed by atoms with van der Waals surface area (Å²) in [5.74, 6) is 2.58. The van der Waals surface area contributed by atoms with Gasteiger partial charge in [-0.2, -0.15) is 0 Å². The average Bonchev–Trinajstić information content (AvgIpc) is 3.33. The lowest BCUT2D eigenvalue weighted by atomic mass is 10.1. The van der Waals surface area contributed by atoms with Crippen molar-refractivity contribution in [1.29, 1.82) is 0 Å². The summed E-state index contributed by atoms with van der Waals surface area (Å²) < 4.78 is 10.7. The predicted molar refractivity (Wildman–Crippen MR) is 116 cm³/mol. The van der Waals surface area contributed by atoms with Gasteiger partial charge < -0.3 is 25.0 Å². The highest BCUT2D eigenvalue weighted by Crippen LogP contribution is 2.32. The lowest BCUT2D eigenvalue weighted by Crippen LogP contribution is -2.38. The van der Waals surface area contributed by atoms with E-state index in [2.05, 4.69) is 15.6 Å². The molecule has 0 aliphatic carbocycles. The van der Waals surface area contributed by atoms with E-state index in [1.807, 2.05) is 30.0 Å². The monoisotopic (exact) mass is 488 g/mol. The molecule has 1 aromatic rings. The van der Waals surface area contributed by atoms with Crippen molar-refractivity contribution < 1.29 is 14.3 Å². The van der Waals surface area contributed by atoms with Gasteiger partial charge in [0, 0.05) is 32.6 Å². The van der Waals surface area contributed by atoms with Gasteiger partial charge in [0.15, 0.2) is 17.5 Å². The Kier molecular flexibility index (Phi) is 8.96.